The predicted molar refractivity (Wildman–Crippen MR) is 37.0 cm³/mol. The topological polar surface area (TPSA) is 26.3 Å². The van der Waals surface area contributed by atoms with E-state index in [2.05, 4.69) is 4.74 Å². The SMILES string of the molecule is O=CO[CH]c1ccccc1. The number of benzene rings is 1. The lowest BCUT2D eigenvalue weighted by Crippen LogP contribution is -1.84. The average Bonchev–Trinajstić information content (AvgIpc) is 2.03. The molecule has 1 radical (unpaired) electrons. The van der Waals surface area contributed by atoms with E-state index in [-0.39, 0.29) is 0 Å². The van der Waals surface area contributed by atoms with Crippen LogP contribution in [0.3, 0.4) is 0 Å². The Bertz CT molecular complexity index is 194. The van der Waals surface area contributed by atoms with Crippen LogP contribution in [0, 0.1) is 6.61 Å². The summed E-state index contributed by atoms with van der Waals surface area (Å²) >= 11 is 0. The number of rotatable bonds is 3. The van der Waals surface area contributed by atoms with E-state index in [4.69, 9.17) is 0 Å². The molecule has 2 heteroatoms. The molecule has 0 atom stereocenters. The van der Waals surface area contributed by atoms with Gasteiger partial charge in [-0.05, 0) is 5.56 Å². The lowest BCUT2D eigenvalue weighted by atomic mass is 10.2. The van der Waals surface area contributed by atoms with Crippen LogP contribution in [-0.2, 0) is 9.53 Å². The molecular formula is C8H7O2. The highest BCUT2D eigenvalue weighted by Crippen LogP contribution is 2.00. The third-order valence-electron chi connectivity index (χ3n) is 1.06. The minimum atomic E-state index is 0.396. The van der Waals surface area contributed by atoms with E-state index in [1.54, 1.807) is 0 Å². The molecule has 0 saturated heterocycles. The Labute approximate surface area is 59.4 Å². The van der Waals surface area contributed by atoms with Crippen LogP contribution in [0.5, 0.6) is 0 Å². The van der Waals surface area contributed by atoms with Gasteiger partial charge in [0.05, 0.1) is 0 Å². The van der Waals surface area contributed by atoms with E-state index in [0.29, 0.717) is 6.47 Å². The molecule has 1 rings (SSSR count). The summed E-state index contributed by atoms with van der Waals surface area (Å²) < 4.78 is 4.41. The summed E-state index contributed by atoms with van der Waals surface area (Å²) in [6.45, 7) is 1.79. The van der Waals surface area contributed by atoms with Crippen molar-refractivity contribution in [2.45, 2.75) is 0 Å². The van der Waals surface area contributed by atoms with Crippen LogP contribution in [0.1, 0.15) is 5.56 Å². The van der Waals surface area contributed by atoms with Crippen LogP contribution in [0.25, 0.3) is 0 Å². The molecular weight excluding hydrogens is 128 g/mol. The fourth-order valence-electron chi connectivity index (χ4n) is 0.638. The first-order valence-electron chi connectivity index (χ1n) is 2.91. The quantitative estimate of drug-likeness (QED) is 0.585. The Kier molecular flexibility index (Phi) is 2.49. The third-order valence-corrected chi connectivity index (χ3v) is 1.06. The van der Waals surface area contributed by atoms with E-state index in [9.17, 15) is 4.79 Å². The lowest BCUT2D eigenvalue weighted by molar-refractivity contribution is -0.125. The number of hydrogen-bond acceptors (Lipinski definition) is 2. The molecule has 0 aliphatic rings. The van der Waals surface area contributed by atoms with Crippen LogP contribution in [0.15, 0.2) is 30.3 Å². The Balaban J connectivity index is 2.50. The normalized spacial score (nSPS) is 8.80. The molecule has 2 nitrogen and oxygen atoms in total. The molecule has 0 aliphatic heterocycles. The molecule has 0 bridgehead atoms. The molecule has 10 heavy (non-hydrogen) atoms. The molecule has 0 fully saturated rings. The van der Waals surface area contributed by atoms with Crippen molar-refractivity contribution in [3.05, 3.63) is 42.5 Å². The van der Waals surface area contributed by atoms with Gasteiger partial charge in [0.25, 0.3) is 6.47 Å². The first-order valence-corrected chi connectivity index (χ1v) is 2.91. The molecule has 0 amide bonds. The average molecular weight is 135 g/mol. The molecule has 0 saturated carbocycles. The van der Waals surface area contributed by atoms with Crippen molar-refractivity contribution >= 4 is 6.47 Å². The summed E-state index contributed by atoms with van der Waals surface area (Å²) in [5.41, 5.74) is 0.884. The Morgan fingerprint density at radius 3 is 2.50 bits per heavy atom. The Hall–Kier alpha value is -1.31. The Morgan fingerprint density at radius 1 is 1.20 bits per heavy atom. The third kappa shape index (κ3) is 1.90. The molecule has 1 aromatic carbocycles. The Morgan fingerprint density at radius 2 is 1.90 bits per heavy atom. The van der Waals surface area contributed by atoms with Gasteiger partial charge in [0.1, 0.15) is 0 Å². The van der Waals surface area contributed by atoms with Gasteiger partial charge in [-0.25, -0.2) is 0 Å². The van der Waals surface area contributed by atoms with Crippen molar-refractivity contribution in [1.29, 1.82) is 0 Å². The number of hydrogen-bond donors (Lipinski definition) is 0. The van der Waals surface area contributed by atoms with Gasteiger partial charge in [-0.2, -0.15) is 0 Å². The van der Waals surface area contributed by atoms with Crippen LogP contribution >= 0.6 is 0 Å². The zero-order valence-corrected chi connectivity index (χ0v) is 5.36. The summed E-state index contributed by atoms with van der Waals surface area (Å²) in [7, 11) is 0. The first kappa shape index (κ1) is 6.81. The van der Waals surface area contributed by atoms with Gasteiger partial charge in [-0.15, -0.1) is 0 Å². The maximum atomic E-state index is 9.72. The standard InChI is InChI=1S/C8H7O2/c9-7-10-6-8-4-2-1-3-5-8/h1-7H. The highest BCUT2D eigenvalue weighted by Gasteiger charge is 1.88. The van der Waals surface area contributed by atoms with Gasteiger partial charge in [-0.1, -0.05) is 30.3 Å². The van der Waals surface area contributed by atoms with Crippen LogP contribution in [0.2, 0.25) is 0 Å². The number of carbonyl (C=O) groups excluding carboxylic acids is 1. The van der Waals surface area contributed by atoms with Gasteiger partial charge in [0.15, 0.2) is 6.61 Å². The molecule has 1 aromatic rings. The number of carbonyl (C=O) groups is 1. The van der Waals surface area contributed by atoms with E-state index in [0.717, 1.165) is 5.56 Å². The van der Waals surface area contributed by atoms with Crippen molar-refractivity contribution in [2.24, 2.45) is 0 Å². The molecule has 0 aromatic heterocycles. The highest BCUT2D eigenvalue weighted by molar-refractivity contribution is 5.39. The highest BCUT2D eigenvalue weighted by atomic mass is 16.5. The maximum Gasteiger partial charge on any atom is 0.293 e. The summed E-state index contributed by atoms with van der Waals surface area (Å²) in [6, 6.07) is 9.35. The fraction of sp³-hybridized carbons (Fsp3) is 0. The van der Waals surface area contributed by atoms with Crippen molar-refractivity contribution in [1.82, 2.24) is 0 Å². The minimum absolute atomic E-state index is 0.396. The van der Waals surface area contributed by atoms with E-state index < -0.39 is 0 Å². The van der Waals surface area contributed by atoms with Gasteiger partial charge in [0.2, 0.25) is 0 Å². The zero-order valence-electron chi connectivity index (χ0n) is 5.36. The molecule has 0 heterocycles. The van der Waals surface area contributed by atoms with Crippen molar-refractivity contribution in [2.75, 3.05) is 0 Å². The summed E-state index contributed by atoms with van der Waals surface area (Å²) in [5.74, 6) is 0. The van der Waals surface area contributed by atoms with Crippen LogP contribution in [-0.4, -0.2) is 6.47 Å². The maximum absolute atomic E-state index is 9.72. The van der Waals surface area contributed by atoms with Crippen molar-refractivity contribution in [3.63, 3.8) is 0 Å². The van der Waals surface area contributed by atoms with Gasteiger partial charge in [0, 0.05) is 0 Å². The molecule has 51 valence electrons. The predicted octanol–water partition coefficient (Wildman–Crippen LogP) is 1.37. The second kappa shape index (κ2) is 3.67. The molecule has 0 unspecified atom stereocenters. The lowest BCUT2D eigenvalue weighted by Gasteiger charge is -1.94. The van der Waals surface area contributed by atoms with Crippen LogP contribution in [0.4, 0.5) is 0 Å². The van der Waals surface area contributed by atoms with Gasteiger partial charge >= 0.3 is 0 Å². The largest absolute Gasteiger partial charge is 0.455 e. The monoisotopic (exact) mass is 135 g/mol. The van der Waals surface area contributed by atoms with Crippen molar-refractivity contribution < 1.29 is 9.53 Å². The van der Waals surface area contributed by atoms with E-state index >= 15 is 0 Å². The zero-order chi connectivity index (χ0) is 7.23. The smallest absolute Gasteiger partial charge is 0.293 e. The first-order chi connectivity index (χ1) is 4.93. The molecule has 0 N–H and O–H groups in total. The van der Waals surface area contributed by atoms with Crippen LogP contribution < -0.4 is 0 Å². The fourth-order valence-corrected chi connectivity index (χ4v) is 0.638. The summed E-state index contributed by atoms with van der Waals surface area (Å²) in [5, 5.41) is 0. The summed E-state index contributed by atoms with van der Waals surface area (Å²) in [6.07, 6.45) is 0. The minimum Gasteiger partial charge on any atom is -0.455 e. The number of ether oxygens (including phenoxy) is 1. The van der Waals surface area contributed by atoms with Crippen molar-refractivity contribution in [3.8, 4) is 0 Å². The van der Waals surface area contributed by atoms with Gasteiger partial charge < -0.3 is 4.74 Å². The second-order valence-electron chi connectivity index (χ2n) is 1.76. The van der Waals surface area contributed by atoms with E-state index in [1.165, 1.54) is 6.61 Å². The van der Waals surface area contributed by atoms with Gasteiger partial charge in [-0.3, -0.25) is 4.79 Å². The molecule has 0 spiro atoms. The summed E-state index contributed by atoms with van der Waals surface area (Å²) in [4.78, 5) is 9.72. The second-order valence-corrected chi connectivity index (χ2v) is 1.76. The molecule has 0 aliphatic carbocycles. The van der Waals surface area contributed by atoms with E-state index in [1.807, 2.05) is 30.3 Å².